The normalized spacial score (nSPS) is 15.0. The predicted octanol–water partition coefficient (Wildman–Crippen LogP) is 8.10. The lowest BCUT2D eigenvalue weighted by Gasteiger charge is -2.15. The van der Waals surface area contributed by atoms with Crippen LogP contribution in [0.15, 0.2) is 49.1 Å². The molecule has 128 valence electrons. The molecule has 0 aliphatic heterocycles. The Bertz CT molecular complexity index is 785. The number of hydrogen-bond donors (Lipinski definition) is 0. The standard InChI is InChI=1S/C21H20.3CH4/c1-4-8-17-16(5-2)18-9-6-7-10-19(18)21-14-12-15(3)11-13-20(17)21;;;/h4-15H,2H2,1,3H3;3*1H4/b8-4-;;;/t15-;;;/m1.../s1. The highest BCUT2D eigenvalue weighted by Crippen LogP contribution is 2.35. The molecule has 0 radical (unpaired) electrons. The Balaban J connectivity index is 0.00000176. The third-order valence-electron chi connectivity index (χ3n) is 4.05. The van der Waals surface area contributed by atoms with Gasteiger partial charge in [-0.15, -0.1) is 0 Å². The van der Waals surface area contributed by atoms with Crippen LogP contribution in [0.25, 0.3) is 35.1 Å². The molecule has 0 nitrogen and oxygen atoms in total. The molecule has 2 aromatic carbocycles. The molecular weight excluding hydrogens is 288 g/mol. The van der Waals surface area contributed by atoms with Crippen LogP contribution in [0.1, 0.15) is 58.4 Å². The monoisotopic (exact) mass is 320 g/mol. The number of hydrogen-bond acceptors (Lipinski definition) is 0. The summed E-state index contributed by atoms with van der Waals surface area (Å²) in [4.78, 5) is 0. The average Bonchev–Trinajstić information content (AvgIpc) is 2.70. The van der Waals surface area contributed by atoms with Gasteiger partial charge in [-0.1, -0.05) is 103 Å². The molecule has 0 heteroatoms. The quantitative estimate of drug-likeness (QED) is 0.524. The topological polar surface area (TPSA) is 0 Å². The van der Waals surface area contributed by atoms with Gasteiger partial charge in [-0.25, -0.2) is 0 Å². The van der Waals surface area contributed by atoms with Crippen molar-refractivity contribution in [3.63, 3.8) is 0 Å². The van der Waals surface area contributed by atoms with Gasteiger partial charge in [-0.2, -0.15) is 0 Å². The first kappa shape index (κ1) is 21.7. The van der Waals surface area contributed by atoms with Gasteiger partial charge < -0.3 is 0 Å². The maximum absolute atomic E-state index is 4.04. The van der Waals surface area contributed by atoms with Crippen molar-refractivity contribution in [2.75, 3.05) is 0 Å². The summed E-state index contributed by atoms with van der Waals surface area (Å²) < 4.78 is 0. The lowest BCUT2D eigenvalue weighted by Crippen LogP contribution is -1.94. The van der Waals surface area contributed by atoms with Crippen LogP contribution in [-0.2, 0) is 0 Å². The van der Waals surface area contributed by atoms with Gasteiger partial charge in [0.1, 0.15) is 0 Å². The van der Waals surface area contributed by atoms with Crippen molar-refractivity contribution >= 4 is 35.1 Å². The summed E-state index contributed by atoms with van der Waals surface area (Å²) >= 11 is 0. The fourth-order valence-electron chi connectivity index (χ4n) is 3.02. The first-order chi connectivity index (χ1) is 10.3. The third-order valence-corrected chi connectivity index (χ3v) is 4.05. The Morgan fingerprint density at radius 3 is 2.04 bits per heavy atom. The Hall–Kier alpha value is -2.34. The van der Waals surface area contributed by atoms with Crippen LogP contribution in [0.2, 0.25) is 0 Å². The molecule has 2 aromatic rings. The van der Waals surface area contributed by atoms with Crippen LogP contribution in [0.3, 0.4) is 0 Å². The minimum Gasteiger partial charge on any atom is -0.0984 e. The van der Waals surface area contributed by atoms with Crippen molar-refractivity contribution in [2.24, 2.45) is 5.92 Å². The van der Waals surface area contributed by atoms with Crippen molar-refractivity contribution in [3.05, 3.63) is 71.3 Å². The number of benzene rings is 2. The van der Waals surface area contributed by atoms with E-state index in [9.17, 15) is 0 Å². The molecule has 0 bridgehead atoms. The minimum atomic E-state index is 0. The van der Waals surface area contributed by atoms with Gasteiger partial charge >= 0.3 is 0 Å². The zero-order valence-corrected chi connectivity index (χ0v) is 12.6. The SMILES string of the molecule is C.C.C.C=Cc1c(/C=C\C)c2c(c3ccccc13)C=C[C@H](C)C=C2. The fourth-order valence-corrected chi connectivity index (χ4v) is 3.02. The Morgan fingerprint density at radius 2 is 1.46 bits per heavy atom. The summed E-state index contributed by atoms with van der Waals surface area (Å²) in [6, 6.07) is 8.59. The fraction of sp³-hybridized carbons (Fsp3) is 0.250. The first-order valence-corrected chi connectivity index (χ1v) is 7.46. The summed E-state index contributed by atoms with van der Waals surface area (Å²) in [6.07, 6.45) is 15.3. The van der Waals surface area contributed by atoms with Crippen LogP contribution >= 0.6 is 0 Å². The molecule has 0 heterocycles. The van der Waals surface area contributed by atoms with Gasteiger partial charge in [0.15, 0.2) is 0 Å². The first-order valence-electron chi connectivity index (χ1n) is 7.46. The predicted molar refractivity (Wildman–Crippen MR) is 116 cm³/mol. The maximum Gasteiger partial charge on any atom is -0.00752 e. The highest BCUT2D eigenvalue weighted by atomic mass is 14.2. The van der Waals surface area contributed by atoms with E-state index in [4.69, 9.17) is 0 Å². The number of rotatable bonds is 2. The molecule has 0 fully saturated rings. The van der Waals surface area contributed by atoms with Crippen molar-refractivity contribution < 1.29 is 0 Å². The largest absolute Gasteiger partial charge is 0.0984 e. The van der Waals surface area contributed by atoms with E-state index in [1.54, 1.807) is 0 Å². The molecule has 0 unspecified atom stereocenters. The molecule has 0 amide bonds. The van der Waals surface area contributed by atoms with E-state index in [1.165, 1.54) is 33.0 Å². The smallest absolute Gasteiger partial charge is 0.00752 e. The van der Waals surface area contributed by atoms with Gasteiger partial charge in [-0.3, -0.25) is 0 Å². The highest BCUT2D eigenvalue weighted by molar-refractivity contribution is 6.03. The number of allylic oxidation sites excluding steroid dienone is 3. The minimum absolute atomic E-state index is 0. The zero-order valence-electron chi connectivity index (χ0n) is 12.6. The van der Waals surface area contributed by atoms with Crippen molar-refractivity contribution in [1.82, 2.24) is 0 Å². The Morgan fingerprint density at radius 1 is 0.875 bits per heavy atom. The average molecular weight is 321 g/mol. The zero-order chi connectivity index (χ0) is 14.8. The molecule has 1 aliphatic carbocycles. The molecule has 0 saturated heterocycles. The molecule has 0 saturated carbocycles. The lowest BCUT2D eigenvalue weighted by atomic mass is 9.88. The third kappa shape index (κ3) is 3.59. The van der Waals surface area contributed by atoms with E-state index in [0.717, 1.165) is 0 Å². The van der Waals surface area contributed by atoms with Crippen molar-refractivity contribution in [1.29, 1.82) is 0 Å². The summed E-state index contributed by atoms with van der Waals surface area (Å²) in [5.74, 6) is 0.460. The summed E-state index contributed by atoms with van der Waals surface area (Å²) in [5, 5.41) is 2.57. The van der Waals surface area contributed by atoms with Gasteiger partial charge in [0.25, 0.3) is 0 Å². The lowest BCUT2D eigenvalue weighted by molar-refractivity contribution is 0.954. The maximum atomic E-state index is 4.04. The second-order valence-electron chi connectivity index (χ2n) is 5.48. The van der Waals surface area contributed by atoms with Gasteiger partial charge in [0.2, 0.25) is 0 Å². The van der Waals surface area contributed by atoms with Crippen LogP contribution in [0.4, 0.5) is 0 Å². The van der Waals surface area contributed by atoms with Crippen LogP contribution in [0.5, 0.6) is 0 Å². The van der Waals surface area contributed by atoms with Gasteiger partial charge in [0.05, 0.1) is 0 Å². The Kier molecular flexibility index (Phi) is 8.19. The second-order valence-corrected chi connectivity index (χ2v) is 5.48. The molecule has 24 heavy (non-hydrogen) atoms. The summed E-state index contributed by atoms with van der Waals surface area (Å²) in [5.41, 5.74) is 5.08. The van der Waals surface area contributed by atoms with Crippen molar-refractivity contribution in [2.45, 2.75) is 36.1 Å². The summed E-state index contributed by atoms with van der Waals surface area (Å²) in [6.45, 7) is 8.31. The van der Waals surface area contributed by atoms with Crippen molar-refractivity contribution in [3.8, 4) is 0 Å². The molecule has 0 spiro atoms. The second kappa shape index (κ2) is 9.08. The van der Waals surface area contributed by atoms with Gasteiger partial charge in [-0.05, 0) is 45.9 Å². The molecule has 0 aromatic heterocycles. The van der Waals surface area contributed by atoms with E-state index >= 15 is 0 Å². The Labute approximate surface area is 148 Å². The molecule has 1 aliphatic rings. The number of fused-ring (bicyclic) bond motifs is 3. The van der Waals surface area contributed by atoms with Gasteiger partial charge in [0, 0.05) is 0 Å². The van der Waals surface area contributed by atoms with E-state index in [2.05, 4.69) is 81.1 Å². The van der Waals surface area contributed by atoms with E-state index in [0.29, 0.717) is 5.92 Å². The molecular formula is C24H32. The van der Waals surface area contributed by atoms with E-state index < -0.39 is 0 Å². The van der Waals surface area contributed by atoms with Crippen LogP contribution in [-0.4, -0.2) is 0 Å². The van der Waals surface area contributed by atoms with Crippen LogP contribution in [0, 0.1) is 5.92 Å². The molecule has 3 rings (SSSR count). The van der Waals surface area contributed by atoms with E-state index in [-0.39, 0.29) is 22.3 Å². The van der Waals surface area contributed by atoms with Crippen LogP contribution < -0.4 is 0 Å². The summed E-state index contributed by atoms with van der Waals surface area (Å²) in [7, 11) is 0. The highest BCUT2D eigenvalue weighted by Gasteiger charge is 2.14. The molecule has 1 atom stereocenters. The van der Waals surface area contributed by atoms with E-state index in [1.807, 2.05) is 6.08 Å². The molecule has 0 N–H and O–H groups in total.